The molecule has 3 aromatic rings. The third kappa shape index (κ3) is 4.93. The van der Waals surface area contributed by atoms with Crippen LogP contribution in [-0.4, -0.2) is 28.8 Å². The first-order valence-electron chi connectivity index (χ1n) is 10.6. The van der Waals surface area contributed by atoms with Crippen LogP contribution in [0.2, 0.25) is 0 Å². The molecule has 0 radical (unpaired) electrons. The molecule has 0 saturated heterocycles. The summed E-state index contributed by atoms with van der Waals surface area (Å²) >= 11 is 1.56. The average molecular weight is 438 g/mol. The van der Waals surface area contributed by atoms with Crippen LogP contribution in [0.25, 0.3) is 10.9 Å². The minimum Gasteiger partial charge on any atom is -0.493 e. The summed E-state index contributed by atoms with van der Waals surface area (Å²) in [7, 11) is 3.16. The highest BCUT2D eigenvalue weighted by Gasteiger charge is 2.16. The third-order valence-corrected chi connectivity index (χ3v) is 6.60. The van der Waals surface area contributed by atoms with Crippen molar-refractivity contribution in [1.82, 2.24) is 14.5 Å². The molecule has 0 amide bonds. The predicted molar refractivity (Wildman–Crippen MR) is 124 cm³/mol. The van der Waals surface area contributed by atoms with E-state index in [4.69, 9.17) is 14.5 Å². The van der Waals surface area contributed by atoms with Gasteiger partial charge in [-0.25, -0.2) is 4.98 Å². The number of nitrogens with zero attached hydrogens (tertiary/aromatic N) is 3. The van der Waals surface area contributed by atoms with Crippen LogP contribution in [0.15, 0.2) is 58.3 Å². The lowest BCUT2D eigenvalue weighted by atomic mass is 9.97. The van der Waals surface area contributed by atoms with Crippen LogP contribution in [0.3, 0.4) is 0 Å². The summed E-state index contributed by atoms with van der Waals surface area (Å²) in [5.74, 6) is 1.79. The number of fused-ring (bicyclic) bond motifs is 1. The van der Waals surface area contributed by atoms with Crippen LogP contribution in [0.4, 0.5) is 0 Å². The maximum atomic E-state index is 13.5. The molecule has 0 bridgehead atoms. The van der Waals surface area contributed by atoms with E-state index in [0.717, 1.165) is 24.8 Å². The van der Waals surface area contributed by atoms with Gasteiger partial charge in [-0.05, 0) is 49.8 Å². The zero-order chi connectivity index (χ0) is 21.6. The van der Waals surface area contributed by atoms with Crippen molar-refractivity contribution in [1.29, 1.82) is 0 Å². The van der Waals surface area contributed by atoms with Crippen molar-refractivity contribution in [2.45, 2.75) is 49.6 Å². The Kier molecular flexibility index (Phi) is 6.92. The van der Waals surface area contributed by atoms with E-state index in [1.165, 1.54) is 18.4 Å². The van der Waals surface area contributed by atoms with Gasteiger partial charge >= 0.3 is 0 Å². The van der Waals surface area contributed by atoms with E-state index >= 15 is 0 Å². The molecule has 0 spiro atoms. The molecule has 4 rings (SSSR count). The molecule has 0 unspecified atom stereocenters. The average Bonchev–Trinajstić information content (AvgIpc) is 2.82. The summed E-state index contributed by atoms with van der Waals surface area (Å²) in [6.45, 7) is 0.622. The lowest BCUT2D eigenvalue weighted by Crippen LogP contribution is -2.24. The summed E-state index contributed by atoms with van der Waals surface area (Å²) < 4.78 is 12.6. The minimum atomic E-state index is -0.0453. The molecule has 1 aliphatic carbocycles. The van der Waals surface area contributed by atoms with E-state index in [-0.39, 0.29) is 5.56 Å². The number of rotatable bonds is 8. The zero-order valence-electron chi connectivity index (χ0n) is 18.0. The molecule has 7 heteroatoms. The highest BCUT2D eigenvalue weighted by atomic mass is 32.2. The van der Waals surface area contributed by atoms with E-state index in [2.05, 4.69) is 11.1 Å². The van der Waals surface area contributed by atoms with Crippen LogP contribution < -0.4 is 15.0 Å². The smallest absolute Gasteiger partial charge is 0.262 e. The number of aromatic nitrogens is 3. The van der Waals surface area contributed by atoms with Gasteiger partial charge in [0, 0.05) is 30.8 Å². The lowest BCUT2D eigenvalue weighted by molar-refractivity contribution is 0.355. The van der Waals surface area contributed by atoms with Gasteiger partial charge in [-0.2, -0.15) is 0 Å². The van der Waals surface area contributed by atoms with Crippen molar-refractivity contribution in [3.63, 3.8) is 0 Å². The fourth-order valence-corrected chi connectivity index (χ4v) is 4.81. The predicted octanol–water partition coefficient (Wildman–Crippen LogP) is 4.99. The normalized spacial score (nSPS) is 13.8. The van der Waals surface area contributed by atoms with Crippen molar-refractivity contribution in [2.75, 3.05) is 14.2 Å². The van der Waals surface area contributed by atoms with Gasteiger partial charge in [0.2, 0.25) is 0 Å². The number of benzene rings is 1. The van der Waals surface area contributed by atoms with Gasteiger partial charge < -0.3 is 9.47 Å². The fraction of sp³-hybridized carbons (Fsp3) is 0.375. The van der Waals surface area contributed by atoms with Gasteiger partial charge in [0.25, 0.3) is 5.56 Å². The summed E-state index contributed by atoms with van der Waals surface area (Å²) in [6.07, 6.45) is 11.6. The maximum Gasteiger partial charge on any atom is 0.262 e. The molecule has 2 aromatic heterocycles. The van der Waals surface area contributed by atoms with Gasteiger partial charge in [-0.1, -0.05) is 29.5 Å². The first kappa shape index (κ1) is 21.4. The second kappa shape index (κ2) is 10.0. The van der Waals surface area contributed by atoms with Crippen molar-refractivity contribution in [2.24, 2.45) is 0 Å². The Labute approximate surface area is 186 Å². The van der Waals surface area contributed by atoms with Gasteiger partial charge in [0.15, 0.2) is 16.7 Å². The number of pyridine rings is 1. The Hall–Kier alpha value is -2.80. The highest BCUT2D eigenvalue weighted by Crippen LogP contribution is 2.32. The molecule has 0 saturated carbocycles. The van der Waals surface area contributed by atoms with Crippen LogP contribution >= 0.6 is 11.8 Å². The number of ether oxygens (including phenoxy) is 2. The number of allylic oxidation sites excluding steroid dienone is 2. The second-order valence-electron chi connectivity index (χ2n) is 7.58. The summed E-state index contributed by atoms with van der Waals surface area (Å²) in [4.78, 5) is 22.5. The monoisotopic (exact) mass is 437 g/mol. The Morgan fingerprint density at radius 3 is 2.71 bits per heavy atom. The Balaban J connectivity index is 1.73. The van der Waals surface area contributed by atoms with Crippen molar-refractivity contribution in [3.8, 4) is 11.5 Å². The second-order valence-corrected chi connectivity index (χ2v) is 8.53. The first-order valence-corrected chi connectivity index (χ1v) is 11.5. The van der Waals surface area contributed by atoms with Gasteiger partial charge in [0.1, 0.15) is 0 Å². The van der Waals surface area contributed by atoms with Crippen LogP contribution in [0.5, 0.6) is 11.5 Å². The number of hydrogen-bond donors (Lipinski definition) is 0. The Morgan fingerprint density at radius 2 is 2.00 bits per heavy atom. The molecule has 0 N–H and O–H groups in total. The van der Waals surface area contributed by atoms with Crippen molar-refractivity contribution >= 4 is 22.7 Å². The summed E-state index contributed by atoms with van der Waals surface area (Å²) in [6, 6.07) is 7.46. The third-order valence-electron chi connectivity index (χ3n) is 5.56. The molecule has 6 nitrogen and oxygen atoms in total. The van der Waals surface area contributed by atoms with Crippen molar-refractivity contribution < 1.29 is 9.47 Å². The molecule has 2 heterocycles. The quantitative estimate of drug-likeness (QED) is 0.281. The number of methoxy groups -OCH3 is 2. The molecular weight excluding hydrogens is 410 g/mol. The van der Waals surface area contributed by atoms with Gasteiger partial charge in [-0.15, -0.1) is 0 Å². The van der Waals surface area contributed by atoms with Crippen LogP contribution in [0, 0.1) is 0 Å². The van der Waals surface area contributed by atoms with E-state index in [1.807, 2.05) is 22.9 Å². The van der Waals surface area contributed by atoms with Crippen molar-refractivity contribution in [3.05, 3.63) is 64.2 Å². The fourth-order valence-electron chi connectivity index (χ4n) is 3.85. The van der Waals surface area contributed by atoms with Gasteiger partial charge in [-0.3, -0.25) is 14.3 Å². The van der Waals surface area contributed by atoms with Crippen LogP contribution in [0.1, 0.15) is 37.7 Å². The van der Waals surface area contributed by atoms with E-state index in [1.54, 1.807) is 44.3 Å². The Morgan fingerprint density at radius 1 is 1.16 bits per heavy atom. The topological polar surface area (TPSA) is 66.2 Å². The van der Waals surface area contributed by atoms with E-state index < -0.39 is 0 Å². The molecule has 1 aromatic carbocycles. The molecule has 0 aliphatic heterocycles. The number of thioether (sulfide) groups is 1. The van der Waals surface area contributed by atoms with E-state index in [9.17, 15) is 4.79 Å². The summed E-state index contributed by atoms with van der Waals surface area (Å²) in [5.41, 5.74) is 3.10. The molecular formula is C24H27N3O3S. The SMILES string of the molecule is COc1cc2nc(SCc3cccnc3)n(CCC3=CCCCC3)c(=O)c2cc1OC. The molecule has 31 heavy (non-hydrogen) atoms. The molecule has 0 fully saturated rings. The zero-order valence-corrected chi connectivity index (χ0v) is 18.8. The largest absolute Gasteiger partial charge is 0.493 e. The maximum absolute atomic E-state index is 13.5. The standard InChI is InChI=1S/C24H27N3O3S/c1-29-21-13-19-20(14-22(21)30-2)26-24(31-16-18-9-6-11-25-15-18)27(23(19)28)12-10-17-7-4-3-5-8-17/h6-7,9,11,13-15H,3-5,8,10,12,16H2,1-2H3. The minimum absolute atomic E-state index is 0.0453. The molecule has 162 valence electrons. The highest BCUT2D eigenvalue weighted by molar-refractivity contribution is 7.98. The lowest BCUT2D eigenvalue weighted by Gasteiger charge is -2.17. The molecule has 1 aliphatic rings. The Bertz CT molecular complexity index is 1140. The molecule has 0 atom stereocenters. The van der Waals surface area contributed by atoms with Gasteiger partial charge in [0.05, 0.1) is 25.1 Å². The van der Waals surface area contributed by atoms with E-state index in [0.29, 0.717) is 39.9 Å². The van der Waals surface area contributed by atoms with Crippen LogP contribution in [-0.2, 0) is 12.3 Å². The first-order chi connectivity index (χ1) is 15.2. The summed E-state index contributed by atoms with van der Waals surface area (Å²) in [5, 5.41) is 1.26. The number of hydrogen-bond acceptors (Lipinski definition) is 6.